The highest BCUT2D eigenvalue weighted by Gasteiger charge is 2.14. The van der Waals surface area contributed by atoms with Gasteiger partial charge < -0.3 is 19.3 Å². The fourth-order valence-corrected chi connectivity index (χ4v) is 2.11. The van der Waals surface area contributed by atoms with Crippen molar-refractivity contribution in [1.82, 2.24) is 0 Å². The second kappa shape index (κ2) is 7.09. The molecule has 112 valence electrons. The molecule has 4 nitrogen and oxygen atoms in total. The van der Waals surface area contributed by atoms with E-state index >= 15 is 0 Å². The third-order valence-electron chi connectivity index (χ3n) is 2.97. The van der Waals surface area contributed by atoms with E-state index in [1.54, 1.807) is 32.4 Å². The number of rotatable bonds is 6. The van der Waals surface area contributed by atoms with Crippen molar-refractivity contribution >= 4 is 11.6 Å². The Kier molecular flexibility index (Phi) is 5.17. The van der Waals surface area contributed by atoms with E-state index in [2.05, 4.69) is 0 Å². The molecule has 2 aromatic rings. The third-order valence-corrected chi connectivity index (χ3v) is 3.28. The Labute approximate surface area is 128 Å². The molecule has 0 spiro atoms. The molecule has 0 amide bonds. The van der Waals surface area contributed by atoms with Crippen LogP contribution in [0.5, 0.6) is 23.0 Å². The minimum atomic E-state index is 0.201. The van der Waals surface area contributed by atoms with Crippen molar-refractivity contribution in [2.24, 2.45) is 0 Å². The summed E-state index contributed by atoms with van der Waals surface area (Å²) >= 11 is 5.85. The Balaban J connectivity index is 2.26. The number of benzene rings is 2. The molecule has 1 N–H and O–H groups in total. The van der Waals surface area contributed by atoms with Gasteiger partial charge in [-0.25, -0.2) is 0 Å². The number of hydrogen-bond donors (Lipinski definition) is 1. The van der Waals surface area contributed by atoms with Crippen LogP contribution in [0.3, 0.4) is 0 Å². The number of aromatic hydroxyl groups is 1. The lowest BCUT2D eigenvalue weighted by atomic mass is 10.2. The summed E-state index contributed by atoms with van der Waals surface area (Å²) in [6.07, 6.45) is 0. The molecule has 0 aliphatic heterocycles. The first-order chi connectivity index (χ1) is 10.2. The number of halogens is 1. The lowest BCUT2D eigenvalue weighted by Gasteiger charge is -2.15. The van der Waals surface area contributed by atoms with Gasteiger partial charge in [0.25, 0.3) is 0 Å². The van der Waals surface area contributed by atoms with Gasteiger partial charge in [0.2, 0.25) is 5.75 Å². The molecule has 0 atom stereocenters. The number of methoxy groups -OCH3 is 2. The molecule has 0 saturated carbocycles. The zero-order valence-corrected chi connectivity index (χ0v) is 12.7. The number of alkyl halides is 1. The quantitative estimate of drug-likeness (QED) is 0.826. The fourth-order valence-electron chi connectivity index (χ4n) is 1.96. The summed E-state index contributed by atoms with van der Waals surface area (Å²) in [5, 5.41) is 9.46. The van der Waals surface area contributed by atoms with E-state index in [1.165, 1.54) is 0 Å². The largest absolute Gasteiger partial charge is 0.508 e. The normalized spacial score (nSPS) is 10.2. The Hall–Kier alpha value is -2.07. The van der Waals surface area contributed by atoms with E-state index in [0.29, 0.717) is 29.7 Å². The van der Waals surface area contributed by atoms with Gasteiger partial charge in [-0.3, -0.25) is 0 Å². The van der Waals surface area contributed by atoms with Crippen LogP contribution < -0.4 is 14.2 Å². The van der Waals surface area contributed by atoms with Crippen molar-refractivity contribution in [1.29, 1.82) is 0 Å². The Morgan fingerprint density at radius 3 is 2.19 bits per heavy atom. The van der Waals surface area contributed by atoms with E-state index < -0.39 is 0 Å². The van der Waals surface area contributed by atoms with Gasteiger partial charge in [0, 0.05) is 5.88 Å². The predicted molar refractivity (Wildman–Crippen MR) is 81.5 cm³/mol. The van der Waals surface area contributed by atoms with Crippen LogP contribution in [0.2, 0.25) is 0 Å². The van der Waals surface area contributed by atoms with Crippen molar-refractivity contribution in [2.75, 3.05) is 14.2 Å². The van der Waals surface area contributed by atoms with Gasteiger partial charge in [0.15, 0.2) is 11.5 Å². The molecule has 0 unspecified atom stereocenters. The van der Waals surface area contributed by atoms with Crippen molar-refractivity contribution in [3.63, 3.8) is 0 Å². The predicted octanol–water partition coefficient (Wildman–Crippen LogP) is 3.73. The second-order valence-electron chi connectivity index (χ2n) is 4.42. The highest BCUT2D eigenvalue weighted by atomic mass is 35.5. The van der Waals surface area contributed by atoms with Crippen molar-refractivity contribution in [2.45, 2.75) is 12.5 Å². The summed E-state index contributed by atoms with van der Waals surface area (Å²) in [7, 11) is 3.13. The van der Waals surface area contributed by atoms with Crippen LogP contribution in [0, 0.1) is 0 Å². The summed E-state index contributed by atoms with van der Waals surface area (Å²) in [6, 6.07) is 10.5. The molecule has 0 radical (unpaired) electrons. The van der Waals surface area contributed by atoms with Crippen LogP contribution in [0.1, 0.15) is 11.1 Å². The van der Waals surface area contributed by atoms with Crippen LogP contribution in [-0.2, 0) is 12.5 Å². The van der Waals surface area contributed by atoms with Crippen LogP contribution in [0.25, 0.3) is 0 Å². The van der Waals surface area contributed by atoms with E-state index in [0.717, 1.165) is 11.1 Å². The van der Waals surface area contributed by atoms with Crippen LogP contribution in [-0.4, -0.2) is 19.3 Å². The first-order valence-corrected chi connectivity index (χ1v) is 6.93. The van der Waals surface area contributed by atoms with Crippen molar-refractivity contribution in [3.8, 4) is 23.0 Å². The molecule has 0 bridgehead atoms. The maximum atomic E-state index is 9.46. The Bertz CT molecular complexity index is 588. The summed E-state index contributed by atoms with van der Waals surface area (Å²) in [4.78, 5) is 0. The van der Waals surface area contributed by atoms with Crippen LogP contribution >= 0.6 is 11.6 Å². The Morgan fingerprint density at radius 2 is 1.67 bits per heavy atom. The van der Waals surface area contributed by atoms with Crippen LogP contribution in [0.15, 0.2) is 36.4 Å². The molecule has 21 heavy (non-hydrogen) atoms. The molecule has 0 saturated heterocycles. The highest BCUT2D eigenvalue weighted by molar-refractivity contribution is 6.17. The number of hydrogen-bond acceptors (Lipinski definition) is 4. The van der Waals surface area contributed by atoms with Gasteiger partial charge in [-0.15, -0.1) is 11.6 Å². The van der Waals surface area contributed by atoms with Crippen molar-refractivity contribution in [3.05, 3.63) is 47.5 Å². The first-order valence-electron chi connectivity index (χ1n) is 6.39. The van der Waals surface area contributed by atoms with Gasteiger partial charge in [0.1, 0.15) is 12.4 Å². The standard InChI is InChI=1S/C16H17ClO4/c1-19-14-7-12(9-17)8-15(20-2)16(14)21-10-11-4-3-5-13(18)6-11/h3-8,18H,9-10H2,1-2H3. The average Bonchev–Trinajstić information content (AvgIpc) is 2.52. The summed E-state index contributed by atoms with van der Waals surface area (Å²) < 4.78 is 16.4. The highest BCUT2D eigenvalue weighted by Crippen LogP contribution is 2.39. The zero-order chi connectivity index (χ0) is 15.2. The topological polar surface area (TPSA) is 47.9 Å². The minimum Gasteiger partial charge on any atom is -0.508 e. The van der Waals surface area contributed by atoms with E-state index in [9.17, 15) is 5.11 Å². The van der Waals surface area contributed by atoms with E-state index in [-0.39, 0.29) is 5.75 Å². The maximum Gasteiger partial charge on any atom is 0.203 e. The van der Waals surface area contributed by atoms with Gasteiger partial charge in [0.05, 0.1) is 14.2 Å². The first kappa shape index (κ1) is 15.3. The van der Waals surface area contributed by atoms with Crippen molar-refractivity contribution < 1.29 is 19.3 Å². The minimum absolute atomic E-state index is 0.201. The van der Waals surface area contributed by atoms with E-state index in [4.69, 9.17) is 25.8 Å². The lowest BCUT2D eigenvalue weighted by Crippen LogP contribution is -2.01. The molecule has 0 heterocycles. The summed E-state index contributed by atoms with van der Waals surface area (Å²) in [6.45, 7) is 0.293. The van der Waals surface area contributed by atoms with E-state index in [1.807, 2.05) is 18.2 Å². The molecule has 0 fully saturated rings. The molecule has 2 rings (SSSR count). The average molecular weight is 309 g/mol. The molecular weight excluding hydrogens is 292 g/mol. The van der Waals surface area contributed by atoms with Gasteiger partial charge >= 0.3 is 0 Å². The Morgan fingerprint density at radius 1 is 1.00 bits per heavy atom. The summed E-state index contributed by atoms with van der Waals surface area (Å²) in [5.41, 5.74) is 1.73. The van der Waals surface area contributed by atoms with Gasteiger partial charge in [-0.05, 0) is 35.4 Å². The molecular formula is C16H17ClO4. The molecule has 0 aromatic heterocycles. The zero-order valence-electron chi connectivity index (χ0n) is 11.9. The number of phenolic OH excluding ortho intramolecular Hbond substituents is 1. The second-order valence-corrected chi connectivity index (χ2v) is 4.69. The molecule has 0 aliphatic rings. The monoisotopic (exact) mass is 308 g/mol. The third kappa shape index (κ3) is 3.73. The fraction of sp³-hybridized carbons (Fsp3) is 0.250. The van der Waals surface area contributed by atoms with Gasteiger partial charge in [-0.2, -0.15) is 0 Å². The molecule has 2 aromatic carbocycles. The smallest absolute Gasteiger partial charge is 0.203 e. The molecule has 0 aliphatic carbocycles. The maximum absolute atomic E-state index is 9.46. The number of ether oxygens (including phenoxy) is 3. The number of phenols is 1. The summed E-state index contributed by atoms with van der Waals surface area (Å²) in [5.74, 6) is 2.19. The van der Waals surface area contributed by atoms with Gasteiger partial charge in [-0.1, -0.05) is 12.1 Å². The lowest BCUT2D eigenvalue weighted by molar-refractivity contribution is 0.265. The molecule has 5 heteroatoms. The van der Waals surface area contributed by atoms with Crippen LogP contribution in [0.4, 0.5) is 0 Å². The SMILES string of the molecule is COc1cc(CCl)cc(OC)c1OCc1cccc(O)c1.